The smallest absolute Gasteiger partial charge is 0.330 e. The maximum atomic E-state index is 13.1. The Balaban J connectivity index is 2.32. The molecular weight excluding hydrogens is 406 g/mol. The molecule has 0 spiro atoms. The molecular formula is C20H31N5O4S. The molecule has 0 fully saturated rings. The molecule has 10 heteroatoms. The highest BCUT2D eigenvalue weighted by Crippen LogP contribution is 2.23. The van der Waals surface area contributed by atoms with Gasteiger partial charge in [0, 0.05) is 24.4 Å². The Labute approximate surface area is 180 Å². The van der Waals surface area contributed by atoms with E-state index in [9.17, 15) is 14.4 Å². The molecule has 166 valence electrons. The molecule has 0 atom stereocenters. The highest BCUT2D eigenvalue weighted by atomic mass is 32.2. The summed E-state index contributed by atoms with van der Waals surface area (Å²) < 4.78 is 6.48. The summed E-state index contributed by atoms with van der Waals surface area (Å²) in [6, 6.07) is 0. The van der Waals surface area contributed by atoms with Gasteiger partial charge in [0.25, 0.3) is 5.56 Å². The number of aromatic amines is 1. The lowest BCUT2D eigenvalue weighted by Gasteiger charge is -2.26. The van der Waals surface area contributed by atoms with Crippen molar-refractivity contribution >= 4 is 29.2 Å². The second-order valence-electron chi connectivity index (χ2n) is 8.19. The summed E-state index contributed by atoms with van der Waals surface area (Å²) >= 11 is 1.41. The van der Waals surface area contributed by atoms with Crippen LogP contribution in [0.1, 0.15) is 44.7 Å². The fourth-order valence-electron chi connectivity index (χ4n) is 3.09. The summed E-state index contributed by atoms with van der Waals surface area (Å²) in [7, 11) is 0. The minimum atomic E-state index is -0.651. The van der Waals surface area contributed by atoms with Crippen LogP contribution in [0.15, 0.2) is 14.1 Å². The zero-order valence-electron chi connectivity index (χ0n) is 18.4. The standard InChI is InChI=1S/C20H31N5O4S/c1-11(2)7-24(16(26)10-30-9-15-13(5)23-29-14(15)6)17-18(21)25(8-12(3)4)20(28)22-19(17)27/h11-12H,7-10,21H2,1-6H3,(H,22,27,28). The Morgan fingerprint density at radius 1 is 1.23 bits per heavy atom. The molecule has 0 aliphatic rings. The Hall–Kier alpha value is -2.49. The minimum absolute atomic E-state index is 0.0159. The molecule has 0 aromatic carbocycles. The van der Waals surface area contributed by atoms with Gasteiger partial charge in [0.05, 0.1) is 11.4 Å². The van der Waals surface area contributed by atoms with Gasteiger partial charge in [0.2, 0.25) is 5.91 Å². The number of carbonyl (C=O) groups excluding carboxylic acids is 1. The van der Waals surface area contributed by atoms with Gasteiger partial charge in [-0.1, -0.05) is 32.9 Å². The molecule has 3 N–H and O–H groups in total. The summed E-state index contributed by atoms with van der Waals surface area (Å²) in [6.45, 7) is 12.1. The highest BCUT2D eigenvalue weighted by molar-refractivity contribution is 7.99. The fraction of sp³-hybridized carbons (Fsp3) is 0.600. The van der Waals surface area contributed by atoms with Crippen LogP contribution in [0.25, 0.3) is 0 Å². The van der Waals surface area contributed by atoms with Gasteiger partial charge < -0.3 is 15.2 Å². The maximum absolute atomic E-state index is 13.1. The molecule has 0 unspecified atom stereocenters. The molecule has 2 aromatic rings. The number of nitrogens with zero attached hydrogens (tertiary/aromatic N) is 3. The van der Waals surface area contributed by atoms with Crippen LogP contribution in [0, 0.1) is 25.7 Å². The van der Waals surface area contributed by atoms with E-state index in [1.807, 2.05) is 41.5 Å². The summed E-state index contributed by atoms with van der Waals surface area (Å²) in [5, 5.41) is 3.92. The van der Waals surface area contributed by atoms with Crippen molar-refractivity contribution in [1.82, 2.24) is 14.7 Å². The van der Waals surface area contributed by atoms with Crippen molar-refractivity contribution in [3.8, 4) is 0 Å². The fourth-order valence-corrected chi connectivity index (χ4v) is 4.14. The Bertz CT molecular complexity index is 986. The van der Waals surface area contributed by atoms with Crippen molar-refractivity contribution in [3.63, 3.8) is 0 Å². The van der Waals surface area contributed by atoms with E-state index in [4.69, 9.17) is 10.3 Å². The number of H-pyrrole nitrogens is 1. The van der Waals surface area contributed by atoms with E-state index in [0.29, 0.717) is 18.8 Å². The van der Waals surface area contributed by atoms with Gasteiger partial charge in [-0.05, 0) is 25.7 Å². The molecule has 2 aromatic heterocycles. The van der Waals surface area contributed by atoms with Crippen LogP contribution >= 0.6 is 11.8 Å². The summed E-state index contributed by atoms with van der Waals surface area (Å²) in [6.07, 6.45) is 0. The SMILES string of the molecule is Cc1noc(C)c1CSCC(=O)N(CC(C)C)c1c(N)n(CC(C)C)c(=O)[nH]c1=O. The topological polar surface area (TPSA) is 127 Å². The van der Waals surface area contributed by atoms with Crippen LogP contribution in [0.5, 0.6) is 0 Å². The summed E-state index contributed by atoms with van der Waals surface area (Å²) in [4.78, 5) is 41.6. The Morgan fingerprint density at radius 3 is 2.43 bits per heavy atom. The van der Waals surface area contributed by atoms with Crippen molar-refractivity contribution in [2.24, 2.45) is 11.8 Å². The number of nitrogens with two attached hydrogens (primary N) is 1. The number of aromatic nitrogens is 3. The third-order valence-electron chi connectivity index (χ3n) is 4.53. The van der Waals surface area contributed by atoms with Crippen molar-refractivity contribution in [2.75, 3.05) is 22.9 Å². The van der Waals surface area contributed by atoms with Crippen molar-refractivity contribution in [3.05, 3.63) is 37.9 Å². The van der Waals surface area contributed by atoms with Crippen molar-refractivity contribution < 1.29 is 9.32 Å². The zero-order chi connectivity index (χ0) is 22.6. The number of rotatable bonds is 9. The van der Waals surface area contributed by atoms with E-state index >= 15 is 0 Å². The van der Waals surface area contributed by atoms with Crippen LogP contribution in [0.4, 0.5) is 11.5 Å². The molecule has 1 amide bonds. The predicted octanol–water partition coefficient (Wildman–Crippen LogP) is 2.30. The first-order valence-electron chi connectivity index (χ1n) is 9.95. The summed E-state index contributed by atoms with van der Waals surface area (Å²) in [5.74, 6) is 1.47. The molecule has 9 nitrogen and oxygen atoms in total. The average molecular weight is 438 g/mol. The predicted molar refractivity (Wildman–Crippen MR) is 120 cm³/mol. The van der Waals surface area contributed by atoms with Crippen LogP contribution in [-0.2, 0) is 17.1 Å². The number of hydrogen-bond donors (Lipinski definition) is 2. The van der Waals surface area contributed by atoms with Crippen LogP contribution in [0.3, 0.4) is 0 Å². The number of carbonyl (C=O) groups is 1. The largest absolute Gasteiger partial charge is 0.383 e. The van der Waals surface area contributed by atoms with Crippen molar-refractivity contribution in [2.45, 2.75) is 53.8 Å². The molecule has 0 aliphatic heterocycles. The van der Waals surface area contributed by atoms with Gasteiger partial charge in [-0.25, -0.2) is 4.79 Å². The van der Waals surface area contributed by atoms with E-state index in [1.54, 1.807) is 0 Å². The molecule has 2 rings (SSSR count). The lowest BCUT2D eigenvalue weighted by atomic mass is 10.2. The molecule has 0 saturated carbocycles. The van der Waals surface area contributed by atoms with Gasteiger partial charge in [-0.15, -0.1) is 11.8 Å². The van der Waals surface area contributed by atoms with Gasteiger partial charge >= 0.3 is 5.69 Å². The van der Waals surface area contributed by atoms with Gasteiger partial charge in [-0.3, -0.25) is 19.1 Å². The quantitative estimate of drug-likeness (QED) is 0.616. The Kier molecular flexibility index (Phi) is 7.94. The number of hydrogen-bond acceptors (Lipinski definition) is 7. The highest BCUT2D eigenvalue weighted by Gasteiger charge is 2.25. The summed E-state index contributed by atoms with van der Waals surface area (Å²) in [5.41, 5.74) is 6.79. The van der Waals surface area contributed by atoms with Gasteiger partial charge in [0.1, 0.15) is 11.6 Å². The lowest BCUT2D eigenvalue weighted by Crippen LogP contribution is -2.43. The van der Waals surface area contributed by atoms with Crippen molar-refractivity contribution in [1.29, 1.82) is 0 Å². The van der Waals surface area contributed by atoms with E-state index in [2.05, 4.69) is 10.1 Å². The first-order valence-corrected chi connectivity index (χ1v) is 11.1. The number of aryl methyl sites for hydroxylation is 2. The van der Waals surface area contributed by atoms with E-state index in [1.165, 1.54) is 21.2 Å². The third kappa shape index (κ3) is 5.56. The first-order chi connectivity index (χ1) is 14.0. The van der Waals surface area contributed by atoms with Crippen LogP contribution in [-0.4, -0.2) is 32.9 Å². The van der Waals surface area contributed by atoms with Gasteiger partial charge in [0.15, 0.2) is 5.69 Å². The minimum Gasteiger partial charge on any atom is -0.383 e. The number of nitrogens with one attached hydrogen (secondary N) is 1. The second kappa shape index (κ2) is 10.0. The van der Waals surface area contributed by atoms with E-state index < -0.39 is 11.2 Å². The molecule has 2 heterocycles. The normalized spacial score (nSPS) is 11.5. The van der Waals surface area contributed by atoms with Crippen LogP contribution < -0.4 is 21.9 Å². The average Bonchev–Trinajstić information content (AvgIpc) is 2.95. The molecule has 0 radical (unpaired) electrons. The number of nitrogen functional groups attached to an aromatic ring is 1. The zero-order valence-corrected chi connectivity index (χ0v) is 19.3. The number of anilines is 2. The number of thioether (sulfide) groups is 1. The number of amides is 1. The molecule has 0 aliphatic carbocycles. The maximum Gasteiger partial charge on any atom is 0.330 e. The third-order valence-corrected chi connectivity index (χ3v) is 5.48. The Morgan fingerprint density at radius 2 is 1.90 bits per heavy atom. The van der Waals surface area contributed by atoms with E-state index in [0.717, 1.165) is 17.0 Å². The van der Waals surface area contributed by atoms with Crippen LogP contribution in [0.2, 0.25) is 0 Å². The first kappa shape index (κ1) is 23.8. The monoisotopic (exact) mass is 437 g/mol. The second-order valence-corrected chi connectivity index (χ2v) is 9.18. The van der Waals surface area contributed by atoms with E-state index in [-0.39, 0.29) is 35.0 Å². The van der Waals surface area contributed by atoms with Gasteiger partial charge in [-0.2, -0.15) is 0 Å². The molecule has 0 saturated heterocycles. The molecule has 0 bridgehead atoms. The lowest BCUT2D eigenvalue weighted by molar-refractivity contribution is -0.116. The molecule has 30 heavy (non-hydrogen) atoms.